The third-order valence-electron chi connectivity index (χ3n) is 1.37. The van der Waals surface area contributed by atoms with E-state index in [4.69, 9.17) is 4.52 Å². The molecule has 1 rings (SSSR count). The normalized spacial score (nSPS) is 11.7. The Balaban J connectivity index is 2.92. The number of rotatable bonds is 2. The lowest BCUT2D eigenvalue weighted by Gasteiger charge is -1.93. The van der Waals surface area contributed by atoms with Gasteiger partial charge in [0.15, 0.2) is 0 Å². The number of aromatic nitrogens is 1. The summed E-state index contributed by atoms with van der Waals surface area (Å²) in [6.45, 7) is 3.67. The van der Waals surface area contributed by atoms with Crippen molar-refractivity contribution in [3.63, 3.8) is 0 Å². The number of hydrogen-bond donors (Lipinski definition) is 0. The Hall–Kier alpha value is -1.32. The minimum absolute atomic E-state index is 0.753. The molecule has 0 atom stereocenters. The molecule has 1 aromatic rings. The molecular weight excluding hydrogens is 144 g/mol. The summed E-state index contributed by atoms with van der Waals surface area (Å²) in [5.41, 5.74) is 1.65. The zero-order valence-corrected chi connectivity index (χ0v) is 6.79. The highest BCUT2D eigenvalue weighted by molar-refractivity contribution is 5.98. The van der Waals surface area contributed by atoms with Gasteiger partial charge in [0.1, 0.15) is 12.9 Å². The van der Waals surface area contributed by atoms with Crippen molar-refractivity contribution in [2.45, 2.75) is 13.8 Å². The first-order valence-electron chi connectivity index (χ1n) is 3.25. The van der Waals surface area contributed by atoms with Crippen molar-refractivity contribution in [1.82, 2.24) is 5.16 Å². The average Bonchev–Trinajstić information content (AvgIpc) is 2.36. The van der Waals surface area contributed by atoms with Crippen LogP contribution in [0.3, 0.4) is 0 Å². The highest BCUT2D eigenvalue weighted by atomic mass is 16.6. The van der Waals surface area contributed by atoms with Crippen molar-refractivity contribution in [2.75, 3.05) is 7.11 Å². The first-order valence-corrected chi connectivity index (χ1v) is 3.25. The quantitative estimate of drug-likeness (QED) is 0.477. The second-order valence-electron chi connectivity index (χ2n) is 2.15. The Labute approximate surface area is 64.8 Å². The predicted octanol–water partition coefficient (Wildman–Crippen LogP) is 1.35. The molecule has 0 amide bonds. The van der Waals surface area contributed by atoms with E-state index in [1.807, 2.05) is 13.8 Å². The van der Waals surface area contributed by atoms with E-state index < -0.39 is 0 Å². The summed E-state index contributed by atoms with van der Waals surface area (Å²) in [4.78, 5) is 4.60. The molecule has 1 heterocycles. The fourth-order valence-electron chi connectivity index (χ4n) is 0.832. The number of nitrogens with zero attached hydrogens (tertiary/aromatic N) is 2. The van der Waals surface area contributed by atoms with Crippen molar-refractivity contribution >= 4 is 5.71 Å². The summed E-state index contributed by atoms with van der Waals surface area (Å²) in [5, 5.41) is 7.36. The summed E-state index contributed by atoms with van der Waals surface area (Å²) in [6, 6.07) is 0. The van der Waals surface area contributed by atoms with Gasteiger partial charge in [-0.05, 0) is 13.8 Å². The van der Waals surface area contributed by atoms with E-state index in [1.165, 1.54) is 7.11 Å². The first kappa shape index (κ1) is 7.78. The van der Waals surface area contributed by atoms with Gasteiger partial charge in [0, 0.05) is 0 Å². The Kier molecular flexibility index (Phi) is 2.25. The Morgan fingerprint density at radius 3 is 2.91 bits per heavy atom. The van der Waals surface area contributed by atoms with Gasteiger partial charge >= 0.3 is 0 Å². The lowest BCUT2D eigenvalue weighted by atomic mass is 10.2. The molecule has 0 saturated heterocycles. The third kappa shape index (κ3) is 1.58. The maximum atomic E-state index is 4.85. The Morgan fingerprint density at radius 2 is 2.45 bits per heavy atom. The number of oxime groups is 1. The molecular formula is C7H10N2O2. The zero-order chi connectivity index (χ0) is 8.27. The van der Waals surface area contributed by atoms with Gasteiger partial charge < -0.3 is 9.36 Å². The van der Waals surface area contributed by atoms with Gasteiger partial charge in [-0.15, -0.1) is 0 Å². The molecule has 1 aromatic heterocycles. The van der Waals surface area contributed by atoms with Crippen LogP contribution in [0.1, 0.15) is 18.2 Å². The van der Waals surface area contributed by atoms with Gasteiger partial charge in [-0.3, -0.25) is 0 Å². The van der Waals surface area contributed by atoms with Crippen molar-refractivity contribution in [2.24, 2.45) is 5.16 Å². The summed E-state index contributed by atoms with van der Waals surface area (Å²) >= 11 is 0. The molecule has 0 bridgehead atoms. The van der Waals surface area contributed by atoms with Crippen molar-refractivity contribution in [3.05, 3.63) is 17.5 Å². The van der Waals surface area contributed by atoms with Gasteiger partial charge in [-0.1, -0.05) is 10.3 Å². The van der Waals surface area contributed by atoms with E-state index in [9.17, 15) is 0 Å². The molecule has 0 aliphatic carbocycles. The lowest BCUT2D eigenvalue weighted by Crippen LogP contribution is -1.94. The highest BCUT2D eigenvalue weighted by Gasteiger charge is 2.05. The topological polar surface area (TPSA) is 47.6 Å². The molecule has 11 heavy (non-hydrogen) atoms. The monoisotopic (exact) mass is 154 g/mol. The SMILES string of the molecule is CO/N=C(\C)c1cnoc1C. The highest BCUT2D eigenvalue weighted by Crippen LogP contribution is 2.06. The molecule has 0 fully saturated rings. The van der Waals surface area contributed by atoms with Crippen LogP contribution < -0.4 is 0 Å². The van der Waals surface area contributed by atoms with Crippen LogP contribution in [0.5, 0.6) is 0 Å². The first-order chi connectivity index (χ1) is 5.25. The van der Waals surface area contributed by atoms with Crippen LogP contribution in [-0.4, -0.2) is 18.0 Å². The van der Waals surface area contributed by atoms with Gasteiger partial charge in [0.25, 0.3) is 0 Å². The van der Waals surface area contributed by atoms with E-state index >= 15 is 0 Å². The molecule has 0 saturated carbocycles. The van der Waals surface area contributed by atoms with E-state index in [0.29, 0.717) is 0 Å². The average molecular weight is 154 g/mol. The van der Waals surface area contributed by atoms with Gasteiger partial charge in [0.05, 0.1) is 17.5 Å². The fourth-order valence-corrected chi connectivity index (χ4v) is 0.832. The molecule has 0 aliphatic heterocycles. The smallest absolute Gasteiger partial charge is 0.142 e. The molecule has 0 N–H and O–H groups in total. The van der Waals surface area contributed by atoms with Crippen LogP contribution in [0.4, 0.5) is 0 Å². The van der Waals surface area contributed by atoms with E-state index in [0.717, 1.165) is 17.0 Å². The molecule has 0 aromatic carbocycles. The molecule has 0 unspecified atom stereocenters. The summed E-state index contributed by atoms with van der Waals surface area (Å²) in [7, 11) is 1.51. The molecule has 0 aliphatic rings. The second-order valence-corrected chi connectivity index (χ2v) is 2.15. The van der Waals surface area contributed by atoms with Gasteiger partial charge in [-0.2, -0.15) is 0 Å². The molecule has 0 spiro atoms. The van der Waals surface area contributed by atoms with Crippen LogP contribution in [0.2, 0.25) is 0 Å². The van der Waals surface area contributed by atoms with Gasteiger partial charge in [0.2, 0.25) is 0 Å². The van der Waals surface area contributed by atoms with Crippen molar-refractivity contribution < 1.29 is 9.36 Å². The minimum Gasteiger partial charge on any atom is -0.399 e. The molecule has 4 heteroatoms. The van der Waals surface area contributed by atoms with E-state index in [-0.39, 0.29) is 0 Å². The van der Waals surface area contributed by atoms with E-state index in [2.05, 4.69) is 15.1 Å². The lowest BCUT2D eigenvalue weighted by molar-refractivity contribution is 0.213. The van der Waals surface area contributed by atoms with Gasteiger partial charge in [-0.25, -0.2) is 0 Å². The van der Waals surface area contributed by atoms with Crippen molar-refractivity contribution in [1.29, 1.82) is 0 Å². The van der Waals surface area contributed by atoms with E-state index in [1.54, 1.807) is 6.20 Å². The molecule has 0 radical (unpaired) electrons. The van der Waals surface area contributed by atoms with Crippen LogP contribution in [-0.2, 0) is 4.84 Å². The Morgan fingerprint density at radius 1 is 1.73 bits per heavy atom. The third-order valence-corrected chi connectivity index (χ3v) is 1.37. The summed E-state index contributed by atoms with van der Waals surface area (Å²) in [6.07, 6.45) is 1.62. The standard InChI is InChI=1S/C7H10N2O2/c1-5(9-10-3)7-4-8-11-6(7)2/h4H,1-3H3/b9-5+. The maximum absolute atomic E-state index is 4.85. The maximum Gasteiger partial charge on any atom is 0.142 e. The van der Waals surface area contributed by atoms with Crippen LogP contribution in [0.25, 0.3) is 0 Å². The second kappa shape index (κ2) is 3.18. The van der Waals surface area contributed by atoms with Crippen molar-refractivity contribution in [3.8, 4) is 0 Å². The largest absolute Gasteiger partial charge is 0.399 e. The fraction of sp³-hybridized carbons (Fsp3) is 0.429. The number of aryl methyl sites for hydroxylation is 1. The zero-order valence-electron chi connectivity index (χ0n) is 6.79. The molecule has 60 valence electrons. The summed E-state index contributed by atoms with van der Waals surface area (Å²) < 4.78 is 4.85. The van der Waals surface area contributed by atoms with Crippen LogP contribution in [0.15, 0.2) is 15.9 Å². The number of hydrogen-bond acceptors (Lipinski definition) is 4. The minimum atomic E-state index is 0.753. The van der Waals surface area contributed by atoms with Crippen LogP contribution >= 0.6 is 0 Å². The predicted molar refractivity (Wildman–Crippen MR) is 40.5 cm³/mol. The Bertz CT molecular complexity index is 265. The molecule has 4 nitrogen and oxygen atoms in total. The van der Waals surface area contributed by atoms with Crippen LogP contribution in [0, 0.1) is 6.92 Å². The summed E-state index contributed by atoms with van der Waals surface area (Å²) in [5.74, 6) is 0.753.